The van der Waals surface area contributed by atoms with Crippen LogP contribution in [0.5, 0.6) is 0 Å². The van der Waals surface area contributed by atoms with Crippen molar-refractivity contribution in [3.63, 3.8) is 0 Å². The van der Waals surface area contributed by atoms with Crippen LogP contribution in [0.4, 0.5) is 19.0 Å². The Balaban J connectivity index is 0.00000160. The molecule has 2 aromatic carbocycles. The largest absolute Gasteiger partial charge is 0.417 e. The number of anilines is 1. The molecule has 2 heterocycles. The first-order valence-corrected chi connectivity index (χ1v) is 8.12. The summed E-state index contributed by atoms with van der Waals surface area (Å²) in [4.78, 5) is 8.17. The maximum absolute atomic E-state index is 13.3. The summed E-state index contributed by atoms with van der Waals surface area (Å²) in [5.41, 5.74) is 5.61. The van der Waals surface area contributed by atoms with Crippen LogP contribution in [0.2, 0.25) is 0 Å². The summed E-state index contributed by atoms with van der Waals surface area (Å²) in [6.45, 7) is 0. The Morgan fingerprint density at radius 1 is 0.893 bits per heavy atom. The fraction of sp³-hybridized carbons (Fsp3) is 0.0526. The van der Waals surface area contributed by atoms with Gasteiger partial charge in [0.25, 0.3) is 5.89 Å². The lowest BCUT2D eigenvalue weighted by molar-refractivity contribution is -0.137. The third-order valence-electron chi connectivity index (χ3n) is 3.96. The van der Waals surface area contributed by atoms with E-state index in [0.29, 0.717) is 5.56 Å². The van der Waals surface area contributed by atoms with Crippen LogP contribution in [0, 0.1) is 0 Å². The zero-order valence-corrected chi connectivity index (χ0v) is 14.2. The summed E-state index contributed by atoms with van der Waals surface area (Å²) in [6, 6.07) is 14.1. The van der Waals surface area contributed by atoms with Crippen molar-refractivity contribution in [3.8, 4) is 34.3 Å². The van der Waals surface area contributed by atoms with E-state index in [1.807, 2.05) is 18.2 Å². The lowest BCUT2D eigenvalue weighted by Crippen LogP contribution is -2.08. The fourth-order valence-corrected chi connectivity index (χ4v) is 2.66. The molecular formula is C19H16F3N5O. The van der Waals surface area contributed by atoms with Gasteiger partial charge < -0.3 is 10.2 Å². The molecule has 9 heteroatoms. The highest BCUT2D eigenvalue weighted by molar-refractivity contribution is 5.70. The van der Waals surface area contributed by atoms with E-state index in [0.717, 1.165) is 6.07 Å². The van der Waals surface area contributed by atoms with Gasteiger partial charge in [-0.3, -0.25) is 0 Å². The molecule has 4 aromatic rings. The quantitative estimate of drug-likeness (QED) is 0.535. The minimum absolute atomic E-state index is 0. The monoisotopic (exact) mass is 387 g/mol. The van der Waals surface area contributed by atoms with Gasteiger partial charge in [-0.15, -0.1) is 10.2 Å². The van der Waals surface area contributed by atoms with Crippen molar-refractivity contribution >= 4 is 5.82 Å². The van der Waals surface area contributed by atoms with Gasteiger partial charge in [-0.2, -0.15) is 13.2 Å². The lowest BCUT2D eigenvalue weighted by atomic mass is 10.0. The van der Waals surface area contributed by atoms with Crippen LogP contribution in [0.1, 0.15) is 8.42 Å². The van der Waals surface area contributed by atoms with Crippen LogP contribution in [0.15, 0.2) is 65.2 Å². The smallest absolute Gasteiger partial charge is 0.414 e. The highest BCUT2D eigenvalue weighted by atomic mass is 19.4. The van der Waals surface area contributed by atoms with E-state index >= 15 is 0 Å². The van der Waals surface area contributed by atoms with Gasteiger partial charge in [-0.1, -0.05) is 36.4 Å². The maximum atomic E-state index is 13.3. The molecule has 0 bridgehead atoms. The summed E-state index contributed by atoms with van der Waals surface area (Å²) in [5.74, 6) is 0.171. The second-order valence-electron chi connectivity index (χ2n) is 5.81. The van der Waals surface area contributed by atoms with Gasteiger partial charge in [0, 0.05) is 14.0 Å². The van der Waals surface area contributed by atoms with E-state index in [1.54, 1.807) is 12.1 Å². The fourth-order valence-electron chi connectivity index (χ4n) is 2.66. The van der Waals surface area contributed by atoms with Crippen LogP contribution in [0.25, 0.3) is 34.3 Å². The molecule has 0 saturated carbocycles. The van der Waals surface area contributed by atoms with Gasteiger partial charge in [-0.25, -0.2) is 9.97 Å². The molecule has 0 fully saturated rings. The molecule has 0 aliphatic rings. The van der Waals surface area contributed by atoms with Crippen molar-refractivity contribution in [3.05, 3.63) is 66.4 Å². The minimum Gasteiger partial charge on any atom is -0.414 e. The molecule has 6 nitrogen and oxygen atoms in total. The second-order valence-corrected chi connectivity index (χ2v) is 5.81. The molecule has 144 valence electrons. The third-order valence-corrected chi connectivity index (χ3v) is 3.96. The van der Waals surface area contributed by atoms with Crippen molar-refractivity contribution in [1.29, 1.82) is 0 Å². The molecule has 0 atom stereocenters. The number of nitrogens with zero attached hydrogens (tertiary/aromatic N) is 4. The molecule has 0 radical (unpaired) electrons. The van der Waals surface area contributed by atoms with Gasteiger partial charge in [-0.05, 0) is 18.2 Å². The van der Waals surface area contributed by atoms with Crippen molar-refractivity contribution in [1.82, 2.24) is 20.2 Å². The second kappa shape index (κ2) is 6.76. The Bertz CT molecular complexity index is 1140. The molecular weight excluding hydrogens is 371 g/mol. The number of nitrogens with two attached hydrogens (primary N) is 1. The summed E-state index contributed by atoms with van der Waals surface area (Å²) >= 11 is 0. The molecule has 0 amide bonds. The zero-order valence-electron chi connectivity index (χ0n) is 14.2. The number of alkyl halides is 3. The summed E-state index contributed by atoms with van der Waals surface area (Å²) < 4.78 is 45.5. The Kier molecular flexibility index (Phi) is 4.26. The number of hydrogen-bond acceptors (Lipinski definition) is 6. The van der Waals surface area contributed by atoms with Crippen molar-refractivity contribution in [2.45, 2.75) is 6.18 Å². The Labute approximate surface area is 159 Å². The first-order valence-electron chi connectivity index (χ1n) is 8.12. The summed E-state index contributed by atoms with van der Waals surface area (Å²) in [6.07, 6.45) is -3.36. The number of benzene rings is 2. The lowest BCUT2D eigenvalue weighted by Gasteiger charge is -2.12. The van der Waals surface area contributed by atoms with Crippen molar-refractivity contribution < 1.29 is 20.4 Å². The first kappa shape index (κ1) is 17.7. The zero-order chi connectivity index (χ0) is 19.7. The number of halogens is 3. The summed E-state index contributed by atoms with van der Waals surface area (Å²) in [5, 5.41) is 7.85. The average molecular weight is 387 g/mol. The first-order chi connectivity index (χ1) is 13.4. The van der Waals surface area contributed by atoms with Crippen molar-refractivity contribution in [2.75, 3.05) is 5.73 Å². The Hall–Kier alpha value is -3.75. The van der Waals surface area contributed by atoms with Crippen LogP contribution >= 0.6 is 0 Å². The average Bonchev–Trinajstić information content (AvgIpc) is 3.18. The van der Waals surface area contributed by atoms with Gasteiger partial charge >= 0.3 is 6.18 Å². The molecule has 0 unspecified atom stereocenters. The SMILES string of the molecule is Nc1ncc(-c2ccccc2C(F)(F)F)nc1-c1nnc(-c2ccccc2)o1.[HH].[HH]. The van der Waals surface area contributed by atoms with E-state index in [9.17, 15) is 13.2 Å². The minimum atomic E-state index is -4.54. The van der Waals surface area contributed by atoms with E-state index in [1.165, 1.54) is 24.4 Å². The predicted molar refractivity (Wildman–Crippen MR) is 99.8 cm³/mol. The molecule has 28 heavy (non-hydrogen) atoms. The van der Waals surface area contributed by atoms with Crippen LogP contribution in [-0.4, -0.2) is 20.2 Å². The Morgan fingerprint density at radius 2 is 1.57 bits per heavy atom. The normalized spacial score (nSPS) is 11.5. The number of rotatable bonds is 3. The van der Waals surface area contributed by atoms with Gasteiger partial charge in [0.15, 0.2) is 11.5 Å². The van der Waals surface area contributed by atoms with E-state index in [2.05, 4.69) is 20.2 Å². The standard InChI is InChI=1S/C19H12F3N5O.2H2/c20-19(21,22)13-9-5-4-8-12(13)14-10-24-16(23)15(25-14)18-27-26-17(28-18)11-6-2-1-3-7-11;;/h1-10H,(H2,23,24);2*1H. The third kappa shape index (κ3) is 3.29. The topological polar surface area (TPSA) is 90.7 Å². The van der Waals surface area contributed by atoms with Gasteiger partial charge in [0.2, 0.25) is 5.89 Å². The maximum Gasteiger partial charge on any atom is 0.417 e. The van der Waals surface area contributed by atoms with E-state index in [4.69, 9.17) is 10.2 Å². The molecule has 4 rings (SSSR count). The number of nitrogen functional groups attached to an aromatic ring is 1. The van der Waals surface area contributed by atoms with E-state index < -0.39 is 11.7 Å². The van der Waals surface area contributed by atoms with Gasteiger partial charge in [0.1, 0.15) is 0 Å². The summed E-state index contributed by atoms with van der Waals surface area (Å²) in [7, 11) is 0. The molecule has 0 spiro atoms. The highest BCUT2D eigenvalue weighted by Gasteiger charge is 2.34. The molecule has 0 aliphatic carbocycles. The van der Waals surface area contributed by atoms with Crippen LogP contribution in [-0.2, 0) is 6.18 Å². The van der Waals surface area contributed by atoms with Gasteiger partial charge in [0.05, 0.1) is 17.5 Å². The van der Waals surface area contributed by atoms with E-state index in [-0.39, 0.29) is 37.4 Å². The number of hydrogen-bond donors (Lipinski definition) is 1. The molecule has 2 N–H and O–H groups in total. The van der Waals surface area contributed by atoms with Crippen LogP contribution < -0.4 is 5.73 Å². The van der Waals surface area contributed by atoms with Crippen molar-refractivity contribution in [2.24, 2.45) is 0 Å². The molecule has 2 aromatic heterocycles. The Morgan fingerprint density at radius 3 is 2.32 bits per heavy atom. The molecule has 0 aliphatic heterocycles. The molecule has 0 saturated heterocycles. The predicted octanol–water partition coefficient (Wildman–Crippen LogP) is 4.95. The number of aromatic nitrogens is 4. The highest BCUT2D eigenvalue weighted by Crippen LogP contribution is 2.37. The van der Waals surface area contributed by atoms with Crippen LogP contribution in [0.3, 0.4) is 0 Å².